The molecule has 0 aromatic heterocycles. The summed E-state index contributed by atoms with van der Waals surface area (Å²) in [4.78, 5) is 27.2. The standard InChI is InChI=1S/C16H17F3N2O2/c1-20-6-5-15(14(20)23)8-16(18,19)10-21(9-15)13(22)11-3-2-4-12(17)7-11/h2-4,7H,5-6,8-10H2,1H3/t15-/m0/s1. The molecule has 2 fully saturated rings. The van der Waals surface area contributed by atoms with Gasteiger partial charge in [0.1, 0.15) is 5.82 Å². The molecule has 7 heteroatoms. The van der Waals surface area contributed by atoms with Crippen LogP contribution >= 0.6 is 0 Å². The van der Waals surface area contributed by atoms with Gasteiger partial charge in [0.05, 0.1) is 12.0 Å². The highest BCUT2D eigenvalue weighted by Crippen LogP contribution is 2.45. The molecule has 4 nitrogen and oxygen atoms in total. The van der Waals surface area contributed by atoms with E-state index in [9.17, 15) is 22.8 Å². The summed E-state index contributed by atoms with van der Waals surface area (Å²) >= 11 is 0. The highest BCUT2D eigenvalue weighted by Gasteiger charge is 2.57. The number of alkyl halides is 2. The maximum Gasteiger partial charge on any atom is 0.266 e. The first-order valence-electron chi connectivity index (χ1n) is 7.41. The van der Waals surface area contributed by atoms with Gasteiger partial charge in [-0.25, -0.2) is 13.2 Å². The lowest BCUT2D eigenvalue weighted by Gasteiger charge is -2.42. The predicted octanol–water partition coefficient (Wildman–Crippen LogP) is 2.16. The Bertz CT molecular complexity index is 664. The minimum absolute atomic E-state index is 0.0108. The molecule has 1 atom stereocenters. The summed E-state index contributed by atoms with van der Waals surface area (Å²) in [5, 5.41) is 0. The number of amides is 2. The molecule has 2 amide bonds. The molecule has 1 aromatic carbocycles. The van der Waals surface area contributed by atoms with Crippen LogP contribution in [-0.4, -0.2) is 54.2 Å². The first kappa shape index (κ1) is 15.8. The van der Waals surface area contributed by atoms with Crippen LogP contribution in [0.3, 0.4) is 0 Å². The number of likely N-dealkylation sites (tertiary alicyclic amines) is 2. The van der Waals surface area contributed by atoms with Crippen molar-refractivity contribution >= 4 is 11.8 Å². The largest absolute Gasteiger partial charge is 0.345 e. The van der Waals surface area contributed by atoms with E-state index in [1.54, 1.807) is 7.05 Å². The lowest BCUT2D eigenvalue weighted by molar-refractivity contribution is -0.150. The van der Waals surface area contributed by atoms with Crippen LogP contribution < -0.4 is 0 Å². The summed E-state index contributed by atoms with van der Waals surface area (Å²) in [6, 6.07) is 4.94. The van der Waals surface area contributed by atoms with Gasteiger partial charge in [0.2, 0.25) is 5.91 Å². The Hall–Kier alpha value is -2.05. The van der Waals surface area contributed by atoms with Crippen LogP contribution in [0.25, 0.3) is 0 Å². The highest BCUT2D eigenvalue weighted by molar-refractivity contribution is 5.95. The van der Waals surface area contributed by atoms with Gasteiger partial charge in [-0.1, -0.05) is 6.07 Å². The van der Waals surface area contributed by atoms with Gasteiger partial charge in [-0.05, 0) is 24.6 Å². The molecule has 0 aliphatic carbocycles. The number of carbonyl (C=O) groups is 2. The second kappa shape index (κ2) is 5.25. The Morgan fingerprint density at radius 1 is 1.26 bits per heavy atom. The third kappa shape index (κ3) is 2.80. The lowest BCUT2D eigenvalue weighted by atomic mass is 9.76. The van der Waals surface area contributed by atoms with Gasteiger partial charge in [-0.2, -0.15) is 0 Å². The normalized spacial score (nSPS) is 26.9. The fourth-order valence-corrected chi connectivity index (χ4v) is 3.56. The summed E-state index contributed by atoms with van der Waals surface area (Å²) < 4.78 is 41.6. The fraction of sp³-hybridized carbons (Fsp3) is 0.500. The van der Waals surface area contributed by atoms with E-state index in [4.69, 9.17) is 0 Å². The van der Waals surface area contributed by atoms with Crippen LogP contribution in [0.1, 0.15) is 23.2 Å². The molecule has 0 bridgehead atoms. The van der Waals surface area contributed by atoms with Gasteiger partial charge < -0.3 is 9.80 Å². The van der Waals surface area contributed by atoms with Gasteiger partial charge in [0.25, 0.3) is 11.8 Å². The van der Waals surface area contributed by atoms with Crippen molar-refractivity contribution in [2.75, 3.05) is 26.7 Å². The molecule has 0 radical (unpaired) electrons. The molecule has 2 saturated heterocycles. The SMILES string of the molecule is CN1CC[C@]2(CN(C(=O)c3cccc(F)c3)CC(F)(F)C2)C1=O. The molecule has 1 aromatic rings. The van der Waals surface area contributed by atoms with Gasteiger partial charge >= 0.3 is 0 Å². The Labute approximate surface area is 131 Å². The van der Waals surface area contributed by atoms with E-state index in [1.807, 2.05) is 0 Å². The quantitative estimate of drug-likeness (QED) is 0.793. The van der Waals surface area contributed by atoms with Crippen molar-refractivity contribution in [1.82, 2.24) is 9.80 Å². The van der Waals surface area contributed by atoms with Gasteiger partial charge in [0, 0.05) is 32.1 Å². The molecule has 0 saturated carbocycles. The van der Waals surface area contributed by atoms with Crippen molar-refractivity contribution in [2.24, 2.45) is 5.41 Å². The van der Waals surface area contributed by atoms with Crippen molar-refractivity contribution in [3.63, 3.8) is 0 Å². The third-order valence-electron chi connectivity index (χ3n) is 4.60. The van der Waals surface area contributed by atoms with Crippen LogP contribution in [0.5, 0.6) is 0 Å². The fourth-order valence-electron chi connectivity index (χ4n) is 3.56. The van der Waals surface area contributed by atoms with E-state index in [-0.39, 0.29) is 18.0 Å². The van der Waals surface area contributed by atoms with E-state index >= 15 is 0 Å². The molecule has 2 aliphatic rings. The van der Waals surface area contributed by atoms with Crippen LogP contribution in [0.4, 0.5) is 13.2 Å². The zero-order valence-electron chi connectivity index (χ0n) is 12.7. The highest BCUT2D eigenvalue weighted by atomic mass is 19.3. The van der Waals surface area contributed by atoms with Gasteiger partial charge in [0.15, 0.2) is 0 Å². The zero-order chi connectivity index (χ0) is 16.8. The summed E-state index contributed by atoms with van der Waals surface area (Å²) in [5.41, 5.74) is -1.23. The van der Waals surface area contributed by atoms with E-state index in [1.165, 1.54) is 23.1 Å². The maximum atomic E-state index is 14.2. The summed E-state index contributed by atoms with van der Waals surface area (Å²) in [7, 11) is 1.57. The predicted molar refractivity (Wildman–Crippen MR) is 76.6 cm³/mol. The number of rotatable bonds is 1. The Morgan fingerprint density at radius 3 is 2.61 bits per heavy atom. The van der Waals surface area contributed by atoms with E-state index in [0.717, 1.165) is 11.0 Å². The Kier molecular flexibility index (Phi) is 3.61. The topological polar surface area (TPSA) is 40.6 Å². The van der Waals surface area contributed by atoms with E-state index in [0.29, 0.717) is 13.0 Å². The van der Waals surface area contributed by atoms with Crippen LogP contribution in [-0.2, 0) is 4.79 Å². The number of carbonyl (C=O) groups excluding carboxylic acids is 2. The third-order valence-corrected chi connectivity index (χ3v) is 4.60. The Morgan fingerprint density at radius 2 is 2.00 bits per heavy atom. The molecule has 2 aliphatic heterocycles. The van der Waals surface area contributed by atoms with Gasteiger partial charge in [-0.15, -0.1) is 0 Å². The van der Waals surface area contributed by atoms with Crippen molar-refractivity contribution in [1.29, 1.82) is 0 Å². The number of nitrogens with zero attached hydrogens (tertiary/aromatic N) is 2. The Balaban J connectivity index is 1.91. The molecular formula is C16H17F3N2O2. The average molecular weight is 326 g/mol. The van der Waals surface area contributed by atoms with E-state index in [2.05, 4.69) is 0 Å². The molecule has 3 rings (SSSR count). The monoisotopic (exact) mass is 326 g/mol. The first-order valence-corrected chi connectivity index (χ1v) is 7.41. The minimum Gasteiger partial charge on any atom is -0.345 e. The number of benzene rings is 1. The molecule has 0 unspecified atom stereocenters. The number of piperidine rings is 1. The molecule has 23 heavy (non-hydrogen) atoms. The van der Waals surface area contributed by atoms with Crippen molar-refractivity contribution in [3.05, 3.63) is 35.6 Å². The maximum absolute atomic E-state index is 14.2. The van der Waals surface area contributed by atoms with Crippen molar-refractivity contribution in [2.45, 2.75) is 18.8 Å². The number of hydrogen-bond acceptors (Lipinski definition) is 2. The van der Waals surface area contributed by atoms with Crippen LogP contribution in [0, 0.1) is 11.2 Å². The lowest BCUT2D eigenvalue weighted by Crippen LogP contribution is -2.57. The molecule has 124 valence electrons. The average Bonchev–Trinajstić information content (AvgIpc) is 2.73. The zero-order valence-corrected chi connectivity index (χ0v) is 12.7. The van der Waals surface area contributed by atoms with Crippen molar-refractivity contribution in [3.8, 4) is 0 Å². The molecule has 1 spiro atoms. The number of hydrogen-bond donors (Lipinski definition) is 0. The number of halogens is 3. The minimum atomic E-state index is -3.14. The molecule has 0 N–H and O–H groups in total. The second-order valence-corrected chi connectivity index (χ2v) is 6.46. The van der Waals surface area contributed by atoms with Gasteiger partial charge in [-0.3, -0.25) is 9.59 Å². The van der Waals surface area contributed by atoms with Crippen LogP contribution in [0.15, 0.2) is 24.3 Å². The summed E-state index contributed by atoms with van der Waals surface area (Å²) in [6.45, 7) is -0.404. The second-order valence-electron chi connectivity index (χ2n) is 6.46. The van der Waals surface area contributed by atoms with Crippen molar-refractivity contribution < 1.29 is 22.8 Å². The summed E-state index contributed by atoms with van der Waals surface area (Å²) in [5.74, 6) is -4.77. The molecule has 2 heterocycles. The van der Waals surface area contributed by atoms with Crippen LogP contribution in [0.2, 0.25) is 0 Å². The smallest absolute Gasteiger partial charge is 0.266 e. The molecular weight excluding hydrogens is 309 g/mol. The summed E-state index contributed by atoms with van der Waals surface area (Å²) in [6.07, 6.45) is -0.249. The van der Waals surface area contributed by atoms with E-state index < -0.39 is 36.0 Å². The first-order chi connectivity index (χ1) is 10.7.